The maximum absolute atomic E-state index is 12.2. The molecule has 3 N–H and O–H groups in total. The molecule has 1 atom stereocenters. The Labute approximate surface area is 140 Å². The van der Waals surface area contributed by atoms with Crippen molar-refractivity contribution in [1.82, 2.24) is 20.5 Å². The van der Waals surface area contributed by atoms with Gasteiger partial charge in [0.25, 0.3) is 0 Å². The Morgan fingerprint density at radius 1 is 1.08 bits per heavy atom. The molecule has 0 fully saturated rings. The van der Waals surface area contributed by atoms with E-state index in [1.54, 1.807) is 18.6 Å². The zero-order chi connectivity index (χ0) is 16.8. The Bertz CT molecular complexity index is 769. The fraction of sp³-hybridized carbons (Fsp3) is 0.167. The molecule has 1 aromatic carbocycles. The maximum atomic E-state index is 12.2. The quantitative estimate of drug-likeness (QED) is 0.669. The van der Waals surface area contributed by atoms with Gasteiger partial charge in [-0.3, -0.25) is 10.1 Å². The highest BCUT2D eigenvalue weighted by molar-refractivity contribution is 5.89. The summed E-state index contributed by atoms with van der Waals surface area (Å²) in [6.07, 6.45) is 5.96. The van der Waals surface area contributed by atoms with Gasteiger partial charge >= 0.3 is 6.03 Å². The van der Waals surface area contributed by atoms with Gasteiger partial charge in [0, 0.05) is 24.3 Å². The second-order valence-corrected chi connectivity index (χ2v) is 5.39. The van der Waals surface area contributed by atoms with E-state index in [0.29, 0.717) is 0 Å². The van der Waals surface area contributed by atoms with Gasteiger partial charge in [0.2, 0.25) is 0 Å². The van der Waals surface area contributed by atoms with E-state index in [0.717, 1.165) is 28.9 Å². The lowest BCUT2D eigenvalue weighted by molar-refractivity contribution is 0.248. The number of rotatable bonds is 5. The monoisotopic (exact) mass is 321 g/mol. The van der Waals surface area contributed by atoms with Crippen molar-refractivity contribution in [2.24, 2.45) is 0 Å². The van der Waals surface area contributed by atoms with Crippen LogP contribution in [-0.2, 0) is 0 Å². The van der Waals surface area contributed by atoms with Gasteiger partial charge in [-0.1, -0.05) is 19.1 Å². The molecule has 122 valence electrons. The molecule has 0 bridgehead atoms. The largest absolute Gasteiger partial charge is 0.331 e. The van der Waals surface area contributed by atoms with Crippen LogP contribution in [0.5, 0.6) is 0 Å². The average molecular weight is 321 g/mol. The molecule has 6 heteroatoms. The molecule has 0 saturated heterocycles. The Balaban J connectivity index is 1.62. The van der Waals surface area contributed by atoms with E-state index in [-0.39, 0.29) is 12.1 Å². The van der Waals surface area contributed by atoms with Crippen molar-refractivity contribution in [3.63, 3.8) is 0 Å². The van der Waals surface area contributed by atoms with Crippen LogP contribution in [-0.4, -0.2) is 21.2 Å². The summed E-state index contributed by atoms with van der Waals surface area (Å²) in [4.78, 5) is 16.2. The number of pyridine rings is 1. The number of nitrogens with zero attached hydrogens (tertiary/aromatic N) is 2. The van der Waals surface area contributed by atoms with E-state index >= 15 is 0 Å². The van der Waals surface area contributed by atoms with Gasteiger partial charge in [0.1, 0.15) is 0 Å². The molecule has 24 heavy (non-hydrogen) atoms. The number of amides is 2. The van der Waals surface area contributed by atoms with Crippen LogP contribution < -0.4 is 10.6 Å². The smallest absolute Gasteiger partial charge is 0.319 e. The number of aromatic amines is 1. The van der Waals surface area contributed by atoms with Gasteiger partial charge < -0.3 is 10.6 Å². The van der Waals surface area contributed by atoms with Crippen molar-refractivity contribution < 1.29 is 4.79 Å². The highest BCUT2D eigenvalue weighted by Crippen LogP contribution is 2.19. The van der Waals surface area contributed by atoms with Crippen LogP contribution in [0.25, 0.3) is 11.3 Å². The lowest BCUT2D eigenvalue weighted by Gasteiger charge is -2.17. The summed E-state index contributed by atoms with van der Waals surface area (Å²) in [6, 6.07) is 13.0. The predicted molar refractivity (Wildman–Crippen MR) is 93.4 cm³/mol. The highest BCUT2D eigenvalue weighted by atomic mass is 16.2. The standard InChI is InChI=1S/C18H19N5O/c1-2-16(14-7-10-19-11-8-14)22-18(24)21-15-5-3-13(4-6-15)17-9-12-20-23-17/h3-12,16H,2H2,1H3,(H,20,23)(H2,21,22,24). The summed E-state index contributed by atoms with van der Waals surface area (Å²) >= 11 is 0. The Morgan fingerprint density at radius 2 is 1.83 bits per heavy atom. The third-order valence-corrected chi connectivity index (χ3v) is 3.78. The third kappa shape index (κ3) is 3.78. The SMILES string of the molecule is CCC(NC(=O)Nc1ccc(-c2ccn[nH]2)cc1)c1ccncc1. The number of hydrogen-bond acceptors (Lipinski definition) is 3. The van der Waals surface area contributed by atoms with Gasteiger partial charge in [-0.05, 0) is 47.9 Å². The first-order valence-corrected chi connectivity index (χ1v) is 7.83. The minimum atomic E-state index is -0.229. The molecular formula is C18H19N5O. The fourth-order valence-electron chi connectivity index (χ4n) is 2.49. The molecule has 2 aromatic heterocycles. The van der Waals surface area contributed by atoms with Gasteiger partial charge in [0.15, 0.2) is 0 Å². The second kappa shape index (κ2) is 7.41. The van der Waals surface area contributed by atoms with Gasteiger partial charge in [-0.15, -0.1) is 0 Å². The number of urea groups is 1. The van der Waals surface area contributed by atoms with Gasteiger partial charge in [-0.2, -0.15) is 5.10 Å². The Morgan fingerprint density at radius 3 is 2.46 bits per heavy atom. The number of benzene rings is 1. The van der Waals surface area contributed by atoms with E-state index in [4.69, 9.17) is 0 Å². The molecular weight excluding hydrogens is 302 g/mol. The molecule has 0 aliphatic rings. The summed E-state index contributed by atoms with van der Waals surface area (Å²) in [6.45, 7) is 2.03. The molecule has 0 aliphatic carbocycles. The number of aromatic nitrogens is 3. The van der Waals surface area contributed by atoms with Gasteiger partial charge in [-0.25, -0.2) is 4.79 Å². The minimum Gasteiger partial charge on any atom is -0.331 e. The first kappa shape index (κ1) is 15.7. The van der Waals surface area contributed by atoms with Crippen LogP contribution in [0.3, 0.4) is 0 Å². The predicted octanol–water partition coefficient (Wildman–Crippen LogP) is 3.74. The van der Waals surface area contributed by atoms with Crippen LogP contribution in [0.4, 0.5) is 10.5 Å². The van der Waals surface area contributed by atoms with E-state index in [1.807, 2.05) is 49.4 Å². The molecule has 0 saturated carbocycles. The number of H-pyrrole nitrogens is 1. The second-order valence-electron chi connectivity index (χ2n) is 5.39. The third-order valence-electron chi connectivity index (χ3n) is 3.78. The summed E-state index contributed by atoms with van der Waals surface area (Å²) in [5.41, 5.74) is 3.73. The topological polar surface area (TPSA) is 82.7 Å². The van der Waals surface area contributed by atoms with Crippen molar-refractivity contribution in [3.05, 3.63) is 66.6 Å². The van der Waals surface area contributed by atoms with Crippen LogP contribution in [0, 0.1) is 0 Å². The van der Waals surface area contributed by atoms with Gasteiger partial charge in [0.05, 0.1) is 11.7 Å². The number of nitrogens with one attached hydrogen (secondary N) is 3. The zero-order valence-corrected chi connectivity index (χ0v) is 13.4. The first-order chi connectivity index (χ1) is 11.8. The zero-order valence-electron chi connectivity index (χ0n) is 13.4. The van der Waals surface area contributed by atoms with E-state index in [2.05, 4.69) is 25.8 Å². The summed E-state index contributed by atoms with van der Waals surface area (Å²) in [5, 5.41) is 12.7. The van der Waals surface area contributed by atoms with Crippen LogP contribution in [0.15, 0.2) is 61.1 Å². The lowest BCUT2D eigenvalue weighted by Crippen LogP contribution is -2.32. The summed E-state index contributed by atoms with van der Waals surface area (Å²) in [7, 11) is 0. The number of carbonyl (C=O) groups excluding carboxylic acids is 1. The molecule has 0 radical (unpaired) electrons. The number of anilines is 1. The van der Waals surface area contributed by atoms with Crippen LogP contribution >= 0.6 is 0 Å². The van der Waals surface area contributed by atoms with E-state index in [1.165, 1.54) is 0 Å². The molecule has 0 spiro atoms. The van der Waals surface area contributed by atoms with Crippen molar-refractivity contribution in [3.8, 4) is 11.3 Å². The Kier molecular flexibility index (Phi) is 4.86. The minimum absolute atomic E-state index is 0.0442. The van der Waals surface area contributed by atoms with Crippen molar-refractivity contribution >= 4 is 11.7 Å². The maximum Gasteiger partial charge on any atom is 0.319 e. The molecule has 3 aromatic rings. The lowest BCUT2D eigenvalue weighted by atomic mass is 10.1. The highest BCUT2D eigenvalue weighted by Gasteiger charge is 2.12. The van der Waals surface area contributed by atoms with Crippen molar-refractivity contribution in [1.29, 1.82) is 0 Å². The molecule has 2 amide bonds. The number of carbonyl (C=O) groups is 1. The fourth-order valence-corrected chi connectivity index (χ4v) is 2.49. The molecule has 2 heterocycles. The van der Waals surface area contributed by atoms with Crippen LogP contribution in [0.2, 0.25) is 0 Å². The summed E-state index contributed by atoms with van der Waals surface area (Å²) < 4.78 is 0. The molecule has 3 rings (SSSR count). The number of hydrogen-bond donors (Lipinski definition) is 3. The van der Waals surface area contributed by atoms with Crippen molar-refractivity contribution in [2.45, 2.75) is 19.4 Å². The van der Waals surface area contributed by atoms with E-state index in [9.17, 15) is 4.79 Å². The first-order valence-electron chi connectivity index (χ1n) is 7.83. The molecule has 0 aliphatic heterocycles. The normalized spacial score (nSPS) is 11.7. The van der Waals surface area contributed by atoms with Crippen LogP contribution in [0.1, 0.15) is 24.9 Å². The average Bonchev–Trinajstić information content (AvgIpc) is 3.16. The van der Waals surface area contributed by atoms with Crippen molar-refractivity contribution in [2.75, 3.05) is 5.32 Å². The van der Waals surface area contributed by atoms with E-state index < -0.39 is 0 Å². The summed E-state index contributed by atoms with van der Waals surface area (Å²) in [5.74, 6) is 0. The molecule has 6 nitrogen and oxygen atoms in total. The molecule has 1 unspecified atom stereocenters. The Hall–Kier alpha value is -3.15.